The molecule has 1 aliphatic heterocycles. The number of hydrogen-bond acceptors (Lipinski definition) is 6. The van der Waals surface area contributed by atoms with Crippen LogP contribution in [0.25, 0.3) is 0 Å². The molecule has 6 nitrogen and oxygen atoms in total. The maximum atomic E-state index is 12.0. The first-order chi connectivity index (χ1) is 14.4. The standard InChI is InChI=1S/C25H42BNO5/c1-22(2,3)19-16-18(26-31-24(7,8)25(9,10)32-26)12-13-20(19)29-15-14-27(11)17-21(28)30-23(4,5)6/h12-13,16H,14-15,17H2,1-11H3. The molecule has 0 N–H and O–H groups in total. The van der Waals surface area contributed by atoms with Gasteiger partial charge in [-0.25, -0.2) is 0 Å². The molecule has 0 atom stereocenters. The molecule has 0 aliphatic carbocycles. The van der Waals surface area contributed by atoms with Crippen molar-refractivity contribution in [3.8, 4) is 5.75 Å². The molecule has 0 saturated carbocycles. The Hall–Kier alpha value is -1.57. The summed E-state index contributed by atoms with van der Waals surface area (Å²) in [6.07, 6.45) is 0. The molecule has 0 spiro atoms. The Morgan fingerprint density at radius 1 is 1.03 bits per heavy atom. The molecule has 0 aromatic heterocycles. The fourth-order valence-corrected chi connectivity index (χ4v) is 3.37. The minimum Gasteiger partial charge on any atom is -0.492 e. The number of carbonyl (C=O) groups is 1. The predicted octanol–water partition coefficient (Wildman–Crippen LogP) is 3.94. The summed E-state index contributed by atoms with van der Waals surface area (Å²) in [5, 5.41) is 0. The van der Waals surface area contributed by atoms with Gasteiger partial charge in [-0.15, -0.1) is 0 Å². The van der Waals surface area contributed by atoms with Crippen LogP contribution in [0, 0.1) is 0 Å². The van der Waals surface area contributed by atoms with Gasteiger partial charge in [0.1, 0.15) is 18.0 Å². The highest BCUT2D eigenvalue weighted by Crippen LogP contribution is 2.37. The first-order valence-electron chi connectivity index (χ1n) is 11.4. The Kier molecular flexibility index (Phi) is 7.80. The Labute approximate surface area is 195 Å². The highest BCUT2D eigenvalue weighted by Gasteiger charge is 2.51. The van der Waals surface area contributed by atoms with Crippen LogP contribution in [0.15, 0.2) is 18.2 Å². The van der Waals surface area contributed by atoms with Gasteiger partial charge in [-0.3, -0.25) is 9.69 Å². The van der Waals surface area contributed by atoms with E-state index in [0.717, 1.165) is 16.8 Å². The number of rotatable bonds is 7. The zero-order valence-corrected chi connectivity index (χ0v) is 21.9. The molecule has 1 aromatic carbocycles. The largest absolute Gasteiger partial charge is 0.494 e. The second kappa shape index (κ2) is 9.36. The number of carbonyl (C=O) groups excluding carboxylic acids is 1. The van der Waals surface area contributed by atoms with E-state index in [9.17, 15) is 4.79 Å². The van der Waals surface area contributed by atoms with Crippen molar-refractivity contribution in [1.29, 1.82) is 0 Å². The van der Waals surface area contributed by atoms with E-state index in [1.807, 2.05) is 44.9 Å². The molecular formula is C25H42BNO5. The normalized spacial score (nSPS) is 18.2. The molecule has 1 aromatic rings. The van der Waals surface area contributed by atoms with Crippen molar-refractivity contribution in [2.45, 2.75) is 91.5 Å². The number of ether oxygens (including phenoxy) is 2. The molecule has 1 saturated heterocycles. The average molecular weight is 447 g/mol. The smallest absolute Gasteiger partial charge is 0.492 e. The molecule has 2 rings (SSSR count). The predicted molar refractivity (Wildman–Crippen MR) is 130 cm³/mol. The van der Waals surface area contributed by atoms with E-state index in [-0.39, 0.29) is 29.1 Å². The Morgan fingerprint density at radius 3 is 2.09 bits per heavy atom. The molecule has 0 unspecified atom stereocenters. The number of esters is 1. The van der Waals surface area contributed by atoms with Gasteiger partial charge < -0.3 is 18.8 Å². The van der Waals surface area contributed by atoms with Crippen molar-refractivity contribution < 1.29 is 23.6 Å². The molecule has 1 aliphatic rings. The summed E-state index contributed by atoms with van der Waals surface area (Å²) in [6.45, 7) is 21.7. The average Bonchev–Trinajstić information content (AvgIpc) is 2.80. The molecule has 180 valence electrons. The lowest BCUT2D eigenvalue weighted by molar-refractivity contribution is -0.155. The Morgan fingerprint density at radius 2 is 1.59 bits per heavy atom. The first-order valence-corrected chi connectivity index (χ1v) is 11.4. The number of likely N-dealkylation sites (N-methyl/N-ethyl adjacent to an activating group) is 1. The van der Waals surface area contributed by atoms with E-state index in [2.05, 4.69) is 54.5 Å². The van der Waals surface area contributed by atoms with Gasteiger partial charge in [-0.05, 0) is 78.0 Å². The van der Waals surface area contributed by atoms with Crippen LogP contribution in [-0.2, 0) is 24.3 Å². The minimum absolute atomic E-state index is 0.114. The van der Waals surface area contributed by atoms with E-state index < -0.39 is 12.7 Å². The van der Waals surface area contributed by atoms with Gasteiger partial charge in [0.15, 0.2) is 0 Å². The van der Waals surface area contributed by atoms with Gasteiger partial charge in [-0.1, -0.05) is 32.9 Å². The Balaban J connectivity index is 2.06. The second-order valence-electron chi connectivity index (χ2n) is 11.8. The molecule has 1 fully saturated rings. The molecule has 0 radical (unpaired) electrons. The van der Waals surface area contributed by atoms with Gasteiger partial charge in [0.2, 0.25) is 0 Å². The van der Waals surface area contributed by atoms with Crippen molar-refractivity contribution in [1.82, 2.24) is 4.90 Å². The zero-order chi connectivity index (χ0) is 24.5. The third-order valence-electron chi connectivity index (χ3n) is 5.89. The van der Waals surface area contributed by atoms with E-state index in [4.69, 9.17) is 18.8 Å². The van der Waals surface area contributed by atoms with Crippen LogP contribution in [0.4, 0.5) is 0 Å². The number of hydrogen-bond donors (Lipinski definition) is 0. The summed E-state index contributed by atoms with van der Waals surface area (Å²) in [5.41, 5.74) is 0.732. The van der Waals surface area contributed by atoms with Gasteiger partial charge in [0.05, 0.1) is 17.7 Å². The fraction of sp³-hybridized carbons (Fsp3) is 0.720. The van der Waals surface area contributed by atoms with Crippen molar-refractivity contribution in [3.05, 3.63) is 23.8 Å². The van der Waals surface area contributed by atoms with Crippen LogP contribution in [-0.4, -0.2) is 61.5 Å². The van der Waals surface area contributed by atoms with Crippen LogP contribution in [0.5, 0.6) is 5.75 Å². The van der Waals surface area contributed by atoms with Gasteiger partial charge in [-0.2, -0.15) is 0 Å². The molecular weight excluding hydrogens is 405 g/mol. The van der Waals surface area contributed by atoms with Crippen LogP contribution in [0.3, 0.4) is 0 Å². The lowest BCUT2D eigenvalue weighted by Gasteiger charge is -2.32. The highest BCUT2D eigenvalue weighted by atomic mass is 16.7. The summed E-state index contributed by atoms with van der Waals surface area (Å²) >= 11 is 0. The zero-order valence-electron chi connectivity index (χ0n) is 21.9. The maximum absolute atomic E-state index is 12.0. The monoisotopic (exact) mass is 447 g/mol. The number of benzene rings is 1. The first kappa shape index (κ1) is 26.7. The summed E-state index contributed by atoms with van der Waals surface area (Å²) < 4.78 is 24.0. The van der Waals surface area contributed by atoms with Crippen LogP contribution >= 0.6 is 0 Å². The van der Waals surface area contributed by atoms with E-state index in [1.54, 1.807) is 0 Å². The minimum atomic E-state index is -0.477. The second-order valence-corrected chi connectivity index (χ2v) is 11.8. The lowest BCUT2D eigenvalue weighted by Crippen LogP contribution is -2.41. The summed E-state index contributed by atoms with van der Waals surface area (Å²) in [6, 6.07) is 6.13. The van der Waals surface area contributed by atoms with Crippen LogP contribution in [0.2, 0.25) is 0 Å². The van der Waals surface area contributed by atoms with E-state index in [1.165, 1.54) is 0 Å². The van der Waals surface area contributed by atoms with Crippen molar-refractivity contribution >= 4 is 18.6 Å². The highest BCUT2D eigenvalue weighted by molar-refractivity contribution is 6.62. The molecule has 0 bridgehead atoms. The third-order valence-corrected chi connectivity index (χ3v) is 5.89. The molecule has 7 heteroatoms. The third kappa shape index (κ3) is 6.96. The van der Waals surface area contributed by atoms with Gasteiger partial charge in [0.25, 0.3) is 0 Å². The quantitative estimate of drug-likeness (QED) is 0.466. The summed E-state index contributed by atoms with van der Waals surface area (Å²) in [5.74, 6) is 0.602. The topological polar surface area (TPSA) is 57.2 Å². The van der Waals surface area contributed by atoms with Gasteiger partial charge in [0, 0.05) is 6.54 Å². The summed E-state index contributed by atoms with van der Waals surface area (Å²) in [7, 11) is 1.48. The molecule has 1 heterocycles. The van der Waals surface area contributed by atoms with Crippen LogP contribution in [0.1, 0.15) is 74.8 Å². The van der Waals surface area contributed by atoms with Crippen molar-refractivity contribution in [3.63, 3.8) is 0 Å². The SMILES string of the molecule is CN(CCOc1ccc(B2OC(C)(C)C(C)(C)O2)cc1C(C)(C)C)CC(=O)OC(C)(C)C. The van der Waals surface area contributed by atoms with Gasteiger partial charge >= 0.3 is 13.1 Å². The molecule has 32 heavy (non-hydrogen) atoms. The maximum Gasteiger partial charge on any atom is 0.494 e. The number of nitrogens with zero attached hydrogens (tertiary/aromatic N) is 1. The molecule has 0 amide bonds. The fourth-order valence-electron chi connectivity index (χ4n) is 3.37. The van der Waals surface area contributed by atoms with Crippen molar-refractivity contribution in [2.24, 2.45) is 0 Å². The summed E-state index contributed by atoms with van der Waals surface area (Å²) in [4.78, 5) is 13.9. The lowest BCUT2D eigenvalue weighted by atomic mass is 9.75. The van der Waals surface area contributed by atoms with Crippen molar-refractivity contribution in [2.75, 3.05) is 26.7 Å². The van der Waals surface area contributed by atoms with E-state index in [0.29, 0.717) is 13.2 Å². The van der Waals surface area contributed by atoms with E-state index >= 15 is 0 Å². The van der Waals surface area contributed by atoms with Crippen LogP contribution < -0.4 is 10.2 Å². The Bertz CT molecular complexity index is 792.